The summed E-state index contributed by atoms with van der Waals surface area (Å²) in [5.41, 5.74) is 3.25. The summed E-state index contributed by atoms with van der Waals surface area (Å²) < 4.78 is 0. The van der Waals surface area contributed by atoms with Crippen molar-refractivity contribution < 1.29 is 5.11 Å². The minimum atomic E-state index is -0.664. The molecule has 0 saturated heterocycles. The van der Waals surface area contributed by atoms with E-state index in [0.717, 1.165) is 50.9 Å². The van der Waals surface area contributed by atoms with Crippen molar-refractivity contribution in [2.75, 3.05) is 19.6 Å². The van der Waals surface area contributed by atoms with Gasteiger partial charge in [-0.3, -0.25) is 4.90 Å². The molecule has 2 unspecified atom stereocenters. The third-order valence-electron chi connectivity index (χ3n) is 6.23. The van der Waals surface area contributed by atoms with Crippen molar-refractivity contribution in [3.8, 4) is 0 Å². The lowest BCUT2D eigenvalue weighted by Crippen LogP contribution is -2.45. The largest absolute Gasteiger partial charge is 0.385 e. The highest BCUT2D eigenvalue weighted by Crippen LogP contribution is 2.42. The van der Waals surface area contributed by atoms with Gasteiger partial charge in [0.25, 0.3) is 0 Å². The molecule has 1 aliphatic carbocycles. The van der Waals surface area contributed by atoms with Crippen LogP contribution in [0.25, 0.3) is 5.57 Å². The van der Waals surface area contributed by atoms with E-state index in [1.807, 2.05) is 6.07 Å². The van der Waals surface area contributed by atoms with Gasteiger partial charge in [-0.25, -0.2) is 0 Å². The average Bonchev–Trinajstić information content (AvgIpc) is 2.72. The van der Waals surface area contributed by atoms with Crippen LogP contribution in [0.2, 0.25) is 0 Å². The number of hydrogen-bond donors (Lipinski definition) is 1. The fourth-order valence-electron chi connectivity index (χ4n) is 4.68. The summed E-state index contributed by atoms with van der Waals surface area (Å²) in [4.78, 5) is 2.52. The summed E-state index contributed by atoms with van der Waals surface area (Å²) in [5.74, 6) is 0.324. The van der Waals surface area contributed by atoms with E-state index in [2.05, 4.69) is 65.6 Å². The first-order valence-electron chi connectivity index (χ1n) is 10.0. The molecule has 1 saturated carbocycles. The Morgan fingerprint density at radius 3 is 2.38 bits per heavy atom. The van der Waals surface area contributed by atoms with Gasteiger partial charge in [0.15, 0.2) is 0 Å². The summed E-state index contributed by atoms with van der Waals surface area (Å²) in [6.07, 6.45) is 7.85. The average molecular weight is 348 g/mol. The topological polar surface area (TPSA) is 23.5 Å². The zero-order chi connectivity index (χ0) is 17.8. The molecule has 136 valence electrons. The maximum Gasteiger partial charge on any atom is 0.0936 e. The third kappa shape index (κ3) is 3.62. The van der Waals surface area contributed by atoms with Gasteiger partial charge in [0.2, 0.25) is 0 Å². The summed E-state index contributed by atoms with van der Waals surface area (Å²) in [6.45, 7) is 3.07. The van der Waals surface area contributed by atoms with Crippen molar-refractivity contribution in [2.24, 2.45) is 5.92 Å². The Hall–Kier alpha value is -1.90. The molecule has 2 aliphatic rings. The second-order valence-electron chi connectivity index (χ2n) is 7.84. The lowest BCUT2D eigenvalue weighted by molar-refractivity contribution is -0.0648. The first kappa shape index (κ1) is 17.5. The molecule has 0 radical (unpaired) electrons. The monoisotopic (exact) mass is 347 g/mol. The molecule has 2 aromatic carbocycles. The number of hydrogen-bond acceptors (Lipinski definition) is 2. The van der Waals surface area contributed by atoms with Crippen LogP contribution in [0.3, 0.4) is 0 Å². The van der Waals surface area contributed by atoms with Crippen LogP contribution < -0.4 is 0 Å². The van der Waals surface area contributed by atoms with Gasteiger partial charge in [-0.2, -0.15) is 0 Å². The predicted molar refractivity (Wildman–Crippen MR) is 108 cm³/mol. The van der Waals surface area contributed by atoms with Gasteiger partial charge in [0.1, 0.15) is 0 Å². The quantitative estimate of drug-likeness (QED) is 0.854. The molecule has 2 aromatic rings. The summed E-state index contributed by atoms with van der Waals surface area (Å²) in [7, 11) is 0. The van der Waals surface area contributed by atoms with Gasteiger partial charge in [-0.1, -0.05) is 79.6 Å². The molecule has 1 heterocycles. The molecule has 0 bridgehead atoms. The molecular weight excluding hydrogens is 318 g/mol. The second kappa shape index (κ2) is 7.77. The molecule has 2 atom stereocenters. The van der Waals surface area contributed by atoms with Crippen LogP contribution in [0.1, 0.15) is 43.2 Å². The minimum absolute atomic E-state index is 0.324. The van der Waals surface area contributed by atoms with Crippen molar-refractivity contribution in [3.63, 3.8) is 0 Å². The van der Waals surface area contributed by atoms with E-state index in [-0.39, 0.29) is 0 Å². The first-order chi connectivity index (χ1) is 12.8. The Balaban J connectivity index is 1.46. The lowest BCUT2D eigenvalue weighted by atomic mass is 9.71. The van der Waals surface area contributed by atoms with E-state index in [4.69, 9.17) is 0 Å². The van der Waals surface area contributed by atoms with E-state index in [0.29, 0.717) is 5.92 Å². The number of benzene rings is 2. The smallest absolute Gasteiger partial charge is 0.0936 e. The molecule has 4 rings (SSSR count). The highest BCUT2D eigenvalue weighted by molar-refractivity contribution is 5.66. The van der Waals surface area contributed by atoms with E-state index in [9.17, 15) is 5.11 Å². The molecule has 1 N–H and O–H groups in total. The standard InChI is InChI=1S/C24H29NO/c26-24(22-11-5-2-6-12-22)16-8-7-13-23(24)19-25-17-14-21(15-18-25)20-9-3-1-4-10-20/h1-6,9-12,14,23,26H,7-8,13,15-19H2. The van der Waals surface area contributed by atoms with Crippen molar-refractivity contribution in [2.45, 2.75) is 37.7 Å². The molecule has 0 aromatic heterocycles. The zero-order valence-electron chi connectivity index (χ0n) is 15.5. The van der Waals surface area contributed by atoms with Crippen LogP contribution in [-0.2, 0) is 5.60 Å². The molecule has 2 heteroatoms. The number of nitrogens with zero attached hydrogens (tertiary/aromatic N) is 1. The molecule has 0 spiro atoms. The van der Waals surface area contributed by atoms with E-state index in [1.165, 1.54) is 17.6 Å². The fourth-order valence-corrected chi connectivity index (χ4v) is 4.68. The normalized spacial score (nSPS) is 27.1. The molecule has 0 amide bonds. The van der Waals surface area contributed by atoms with Crippen LogP contribution in [0.5, 0.6) is 0 Å². The van der Waals surface area contributed by atoms with E-state index >= 15 is 0 Å². The van der Waals surface area contributed by atoms with E-state index < -0.39 is 5.60 Å². The Bertz CT molecular complexity index is 739. The zero-order valence-corrected chi connectivity index (χ0v) is 15.5. The van der Waals surface area contributed by atoms with E-state index in [1.54, 1.807) is 0 Å². The number of rotatable bonds is 4. The Labute approximate surface area is 157 Å². The Morgan fingerprint density at radius 2 is 1.69 bits per heavy atom. The molecule has 1 aliphatic heterocycles. The molecule has 2 nitrogen and oxygen atoms in total. The minimum Gasteiger partial charge on any atom is -0.385 e. The summed E-state index contributed by atoms with van der Waals surface area (Å²) >= 11 is 0. The van der Waals surface area contributed by atoms with Crippen molar-refractivity contribution in [1.29, 1.82) is 0 Å². The van der Waals surface area contributed by atoms with Gasteiger partial charge in [-0.05, 0) is 36.0 Å². The predicted octanol–water partition coefficient (Wildman–Crippen LogP) is 4.85. The summed E-state index contributed by atoms with van der Waals surface area (Å²) in [6, 6.07) is 21.0. The van der Waals surface area contributed by atoms with Gasteiger partial charge >= 0.3 is 0 Å². The van der Waals surface area contributed by atoms with Crippen LogP contribution in [0, 0.1) is 5.92 Å². The molecule has 26 heavy (non-hydrogen) atoms. The SMILES string of the molecule is OC1(c2ccccc2)CCCCC1CN1CC=C(c2ccccc2)CC1. The van der Waals surface area contributed by atoms with Crippen molar-refractivity contribution >= 4 is 5.57 Å². The van der Waals surface area contributed by atoms with Crippen molar-refractivity contribution in [3.05, 3.63) is 77.9 Å². The van der Waals surface area contributed by atoms with Crippen molar-refractivity contribution in [1.82, 2.24) is 4.90 Å². The van der Waals surface area contributed by atoms with Gasteiger partial charge < -0.3 is 5.11 Å². The fraction of sp³-hybridized carbons (Fsp3) is 0.417. The highest BCUT2D eigenvalue weighted by atomic mass is 16.3. The van der Waals surface area contributed by atoms with Crippen LogP contribution in [0.15, 0.2) is 66.7 Å². The van der Waals surface area contributed by atoms with Gasteiger partial charge in [0.05, 0.1) is 5.60 Å². The maximum atomic E-state index is 11.5. The van der Waals surface area contributed by atoms with Gasteiger partial charge in [0, 0.05) is 25.6 Å². The summed E-state index contributed by atoms with van der Waals surface area (Å²) in [5, 5.41) is 11.5. The highest BCUT2D eigenvalue weighted by Gasteiger charge is 2.40. The van der Waals surface area contributed by atoms with Gasteiger partial charge in [-0.15, -0.1) is 0 Å². The number of aliphatic hydroxyl groups is 1. The second-order valence-corrected chi connectivity index (χ2v) is 7.84. The van der Waals surface area contributed by atoms with Crippen LogP contribution in [-0.4, -0.2) is 29.6 Å². The maximum absolute atomic E-state index is 11.5. The third-order valence-corrected chi connectivity index (χ3v) is 6.23. The Kier molecular flexibility index (Phi) is 5.23. The lowest BCUT2D eigenvalue weighted by Gasteiger charge is -2.43. The molecule has 1 fully saturated rings. The van der Waals surface area contributed by atoms with Crippen LogP contribution in [0.4, 0.5) is 0 Å². The molecular formula is C24H29NO. The Morgan fingerprint density at radius 1 is 0.962 bits per heavy atom. The first-order valence-corrected chi connectivity index (χ1v) is 10.0. The van der Waals surface area contributed by atoms with Crippen LogP contribution >= 0.6 is 0 Å².